The van der Waals surface area contributed by atoms with E-state index in [-0.39, 0.29) is 11.3 Å². The van der Waals surface area contributed by atoms with Gasteiger partial charge in [-0.3, -0.25) is 14.9 Å². The van der Waals surface area contributed by atoms with Gasteiger partial charge in [-0.05, 0) is 52.9 Å². The number of carbonyl (C=O) groups excluding carboxylic acids is 1. The number of hydrogen-bond acceptors (Lipinski definition) is 4. The van der Waals surface area contributed by atoms with Crippen LogP contribution in [0.1, 0.15) is 10.4 Å². The maximum absolute atomic E-state index is 10.9. The van der Waals surface area contributed by atoms with Gasteiger partial charge in [0.05, 0.1) is 10.5 Å². The molecule has 0 aliphatic carbocycles. The molecule has 5 nitrogen and oxygen atoms in total. The van der Waals surface area contributed by atoms with Crippen molar-refractivity contribution in [2.75, 3.05) is 0 Å². The van der Waals surface area contributed by atoms with E-state index in [2.05, 4.69) is 22.6 Å². The smallest absolute Gasteiger partial charge is 0.270 e. The molecule has 0 saturated carbocycles. The van der Waals surface area contributed by atoms with Crippen LogP contribution in [0.3, 0.4) is 0 Å². The molecule has 0 unspecified atom stereocenters. The largest absolute Gasteiger partial charge is 0.457 e. The van der Waals surface area contributed by atoms with Gasteiger partial charge in [0, 0.05) is 15.7 Å². The van der Waals surface area contributed by atoms with Crippen molar-refractivity contribution in [2.24, 2.45) is 0 Å². The lowest BCUT2D eigenvalue weighted by Gasteiger charge is -2.07. The molecule has 2 aromatic rings. The minimum absolute atomic E-state index is 0.142. The normalized spacial score (nSPS) is 9.95. The molecule has 0 atom stereocenters. The highest BCUT2D eigenvalue weighted by Crippen LogP contribution is 2.27. The van der Waals surface area contributed by atoms with Gasteiger partial charge in [-0.2, -0.15) is 0 Å². The van der Waals surface area contributed by atoms with Crippen molar-refractivity contribution in [1.82, 2.24) is 0 Å². The van der Waals surface area contributed by atoms with E-state index in [0.29, 0.717) is 17.8 Å². The van der Waals surface area contributed by atoms with Crippen LogP contribution in [0.4, 0.5) is 5.69 Å². The first-order valence-electron chi connectivity index (χ1n) is 5.27. The van der Waals surface area contributed by atoms with E-state index in [9.17, 15) is 14.9 Å². The number of non-ortho nitro benzene ring substituents is 1. The van der Waals surface area contributed by atoms with E-state index < -0.39 is 4.92 Å². The topological polar surface area (TPSA) is 69.4 Å². The minimum atomic E-state index is -0.554. The average molecular weight is 369 g/mol. The van der Waals surface area contributed by atoms with E-state index in [1.807, 2.05) is 12.1 Å². The maximum Gasteiger partial charge on any atom is 0.270 e. The van der Waals surface area contributed by atoms with Gasteiger partial charge in [0.1, 0.15) is 11.5 Å². The summed E-state index contributed by atoms with van der Waals surface area (Å²) in [4.78, 5) is 21.0. The fourth-order valence-corrected chi connectivity index (χ4v) is 1.82. The zero-order valence-electron chi connectivity index (χ0n) is 9.58. The van der Waals surface area contributed by atoms with Crippen LogP contribution in [0.25, 0.3) is 0 Å². The highest BCUT2D eigenvalue weighted by Gasteiger charge is 2.11. The molecule has 2 aromatic carbocycles. The Labute approximate surface area is 122 Å². The summed E-state index contributed by atoms with van der Waals surface area (Å²) in [5, 5.41) is 10.6. The molecule has 0 fully saturated rings. The van der Waals surface area contributed by atoms with Crippen LogP contribution in [0.15, 0.2) is 42.5 Å². The molecule has 6 heteroatoms. The Morgan fingerprint density at radius 1 is 1.16 bits per heavy atom. The number of carbonyl (C=O) groups is 1. The lowest BCUT2D eigenvalue weighted by atomic mass is 10.2. The van der Waals surface area contributed by atoms with Gasteiger partial charge in [-0.1, -0.05) is 0 Å². The third kappa shape index (κ3) is 3.28. The van der Waals surface area contributed by atoms with Crippen molar-refractivity contribution in [3.63, 3.8) is 0 Å². The quantitative estimate of drug-likeness (QED) is 0.356. The number of ether oxygens (including phenoxy) is 1. The van der Waals surface area contributed by atoms with Gasteiger partial charge in [-0.25, -0.2) is 0 Å². The SMILES string of the molecule is O=Cc1cc([N+](=O)[O-])ccc1Oc1ccc(I)cc1. The first-order valence-corrected chi connectivity index (χ1v) is 6.35. The molecule has 2 rings (SSSR count). The number of aldehydes is 1. The number of hydrogen-bond donors (Lipinski definition) is 0. The van der Waals surface area contributed by atoms with Crippen LogP contribution < -0.4 is 4.74 Å². The summed E-state index contributed by atoms with van der Waals surface area (Å²) in [6.07, 6.45) is 0.537. The number of nitrogens with zero attached hydrogens (tertiary/aromatic N) is 1. The van der Waals surface area contributed by atoms with Crippen LogP contribution in [-0.4, -0.2) is 11.2 Å². The van der Waals surface area contributed by atoms with Crippen LogP contribution in [0, 0.1) is 13.7 Å². The molecule has 0 amide bonds. The van der Waals surface area contributed by atoms with Gasteiger partial charge < -0.3 is 4.74 Å². The molecule has 0 radical (unpaired) electrons. The van der Waals surface area contributed by atoms with Gasteiger partial charge >= 0.3 is 0 Å². The van der Waals surface area contributed by atoms with Crippen LogP contribution >= 0.6 is 22.6 Å². The first-order chi connectivity index (χ1) is 9.10. The van der Waals surface area contributed by atoms with E-state index in [4.69, 9.17) is 4.74 Å². The summed E-state index contributed by atoms with van der Waals surface area (Å²) in [6, 6.07) is 11.2. The summed E-state index contributed by atoms with van der Waals surface area (Å²) in [7, 11) is 0. The van der Waals surface area contributed by atoms with Crippen LogP contribution in [0.5, 0.6) is 11.5 Å². The molecule has 0 N–H and O–H groups in total. The molecule has 0 spiro atoms. The van der Waals surface area contributed by atoms with Crippen molar-refractivity contribution >= 4 is 34.6 Å². The van der Waals surface area contributed by atoms with Crippen LogP contribution in [-0.2, 0) is 0 Å². The zero-order chi connectivity index (χ0) is 13.8. The second kappa shape index (κ2) is 5.79. The summed E-state index contributed by atoms with van der Waals surface area (Å²) in [6.45, 7) is 0. The summed E-state index contributed by atoms with van der Waals surface area (Å²) >= 11 is 2.17. The van der Waals surface area contributed by atoms with Crippen molar-refractivity contribution in [1.29, 1.82) is 0 Å². The minimum Gasteiger partial charge on any atom is -0.457 e. The van der Waals surface area contributed by atoms with E-state index in [1.165, 1.54) is 18.2 Å². The van der Waals surface area contributed by atoms with E-state index >= 15 is 0 Å². The van der Waals surface area contributed by atoms with Crippen molar-refractivity contribution in [3.05, 3.63) is 61.7 Å². The molecule has 0 bridgehead atoms. The number of nitro benzene ring substituents is 1. The first kappa shape index (κ1) is 13.5. The lowest BCUT2D eigenvalue weighted by Crippen LogP contribution is -1.94. The van der Waals surface area contributed by atoms with E-state index in [1.54, 1.807) is 12.1 Å². The summed E-state index contributed by atoms with van der Waals surface area (Å²) < 4.78 is 6.59. The molecule has 0 heterocycles. The van der Waals surface area contributed by atoms with Gasteiger partial charge in [0.15, 0.2) is 6.29 Å². The Morgan fingerprint density at radius 3 is 2.42 bits per heavy atom. The molecule has 0 saturated heterocycles. The summed E-state index contributed by atoms with van der Waals surface area (Å²) in [5.41, 5.74) is 0.00445. The maximum atomic E-state index is 10.9. The third-order valence-corrected chi connectivity index (χ3v) is 3.09. The highest BCUT2D eigenvalue weighted by molar-refractivity contribution is 14.1. The Bertz CT molecular complexity index is 625. The number of benzene rings is 2. The molecule has 0 aliphatic rings. The molecular formula is C13H8INO4. The zero-order valence-corrected chi connectivity index (χ0v) is 11.7. The second-order valence-electron chi connectivity index (χ2n) is 3.65. The number of rotatable bonds is 4. The molecule has 96 valence electrons. The molecule has 19 heavy (non-hydrogen) atoms. The van der Waals surface area contributed by atoms with Crippen molar-refractivity contribution < 1.29 is 14.5 Å². The highest BCUT2D eigenvalue weighted by atomic mass is 127. The Morgan fingerprint density at radius 2 is 1.84 bits per heavy atom. The monoisotopic (exact) mass is 369 g/mol. The van der Waals surface area contributed by atoms with Gasteiger partial charge in [-0.15, -0.1) is 0 Å². The van der Waals surface area contributed by atoms with Gasteiger partial charge in [0.25, 0.3) is 5.69 Å². The Hall–Kier alpha value is -1.96. The fraction of sp³-hybridized carbons (Fsp3) is 0. The lowest BCUT2D eigenvalue weighted by molar-refractivity contribution is -0.384. The number of nitro groups is 1. The summed E-state index contributed by atoms with van der Waals surface area (Å²) in [5.74, 6) is 0.860. The number of halogens is 1. The molecule has 0 aliphatic heterocycles. The van der Waals surface area contributed by atoms with Crippen molar-refractivity contribution in [3.8, 4) is 11.5 Å². The van der Waals surface area contributed by atoms with Crippen LogP contribution in [0.2, 0.25) is 0 Å². The van der Waals surface area contributed by atoms with E-state index in [0.717, 1.165) is 3.57 Å². The molecular weight excluding hydrogens is 361 g/mol. The van der Waals surface area contributed by atoms with Gasteiger partial charge in [0.2, 0.25) is 0 Å². The van der Waals surface area contributed by atoms with Crippen molar-refractivity contribution in [2.45, 2.75) is 0 Å². The Balaban J connectivity index is 2.32. The predicted molar refractivity (Wildman–Crippen MR) is 77.7 cm³/mol. The predicted octanol–water partition coefficient (Wildman–Crippen LogP) is 3.80. The Kier molecular flexibility index (Phi) is 4.10. The average Bonchev–Trinajstić information content (AvgIpc) is 2.41. The standard InChI is InChI=1S/C13H8INO4/c14-10-1-4-12(5-2-10)19-13-6-3-11(15(17)18)7-9(13)8-16/h1-8H. The third-order valence-electron chi connectivity index (χ3n) is 2.37. The second-order valence-corrected chi connectivity index (χ2v) is 4.90. The fourth-order valence-electron chi connectivity index (χ4n) is 1.46. The molecule has 0 aromatic heterocycles.